The lowest BCUT2D eigenvalue weighted by molar-refractivity contribution is -0.274. The van der Waals surface area contributed by atoms with Gasteiger partial charge < -0.3 is 15.0 Å². The van der Waals surface area contributed by atoms with E-state index in [-0.39, 0.29) is 21.6 Å². The molecule has 0 radical (unpaired) electrons. The molecule has 1 heterocycles. The molecule has 3 rings (SSSR count). The number of amides is 1. The molecule has 140 valence electrons. The van der Waals surface area contributed by atoms with Gasteiger partial charge in [0.2, 0.25) is 0 Å². The Balaban J connectivity index is 1.89. The fourth-order valence-corrected chi connectivity index (χ4v) is 2.61. The lowest BCUT2D eigenvalue weighted by Gasteiger charge is -2.11. The zero-order valence-corrected chi connectivity index (χ0v) is 14.6. The molecule has 6 nitrogen and oxygen atoms in total. The van der Waals surface area contributed by atoms with Gasteiger partial charge in [-0.15, -0.1) is 13.2 Å². The summed E-state index contributed by atoms with van der Waals surface area (Å²) in [5, 5.41) is 2.83. The van der Waals surface area contributed by atoms with Crippen LogP contribution in [0, 0.1) is 4.77 Å². The number of halogens is 3. The van der Waals surface area contributed by atoms with E-state index in [2.05, 4.69) is 15.0 Å². The zero-order chi connectivity index (χ0) is 19.8. The SMILES string of the molecule is Cn1c(=S)[nH]c2cc(C(=O)Nc3cccc(OC(F)(F)F)c3)ccc2c1=O. The van der Waals surface area contributed by atoms with E-state index in [4.69, 9.17) is 12.2 Å². The Morgan fingerprint density at radius 2 is 1.96 bits per heavy atom. The van der Waals surface area contributed by atoms with Crippen molar-refractivity contribution in [1.82, 2.24) is 9.55 Å². The Morgan fingerprint density at radius 3 is 2.67 bits per heavy atom. The first-order chi connectivity index (χ1) is 12.6. The van der Waals surface area contributed by atoms with E-state index in [1.54, 1.807) is 0 Å². The second-order valence-electron chi connectivity index (χ2n) is 5.58. The first kappa shape index (κ1) is 18.6. The van der Waals surface area contributed by atoms with Crippen LogP contribution in [0.5, 0.6) is 5.75 Å². The van der Waals surface area contributed by atoms with Gasteiger partial charge in [0.25, 0.3) is 11.5 Å². The van der Waals surface area contributed by atoms with Gasteiger partial charge in [0.1, 0.15) is 5.75 Å². The summed E-state index contributed by atoms with van der Waals surface area (Å²) in [7, 11) is 1.53. The van der Waals surface area contributed by atoms with Gasteiger partial charge in [-0.3, -0.25) is 14.2 Å². The largest absolute Gasteiger partial charge is 0.573 e. The molecule has 0 spiro atoms. The summed E-state index contributed by atoms with van der Waals surface area (Å²) in [5.74, 6) is -1.02. The third kappa shape index (κ3) is 4.17. The van der Waals surface area contributed by atoms with E-state index in [1.165, 1.54) is 41.9 Å². The molecule has 0 saturated heterocycles. The highest BCUT2D eigenvalue weighted by atomic mass is 32.1. The molecule has 10 heteroatoms. The van der Waals surface area contributed by atoms with Gasteiger partial charge in [0.15, 0.2) is 4.77 Å². The third-order valence-electron chi connectivity index (χ3n) is 3.69. The second kappa shape index (κ2) is 6.88. The number of aromatic amines is 1. The summed E-state index contributed by atoms with van der Waals surface area (Å²) in [6, 6.07) is 9.26. The number of ether oxygens (including phenoxy) is 1. The number of benzene rings is 2. The van der Waals surface area contributed by atoms with Crippen LogP contribution in [0.3, 0.4) is 0 Å². The van der Waals surface area contributed by atoms with Crippen molar-refractivity contribution >= 4 is 34.7 Å². The number of anilines is 1. The Bertz CT molecular complexity index is 1150. The minimum absolute atomic E-state index is 0.124. The molecule has 2 aromatic carbocycles. The van der Waals surface area contributed by atoms with E-state index in [0.29, 0.717) is 10.9 Å². The van der Waals surface area contributed by atoms with Crippen LogP contribution in [-0.4, -0.2) is 21.8 Å². The summed E-state index contributed by atoms with van der Waals surface area (Å²) < 4.78 is 42.2. The van der Waals surface area contributed by atoms with Crippen LogP contribution in [0.25, 0.3) is 10.9 Å². The van der Waals surface area contributed by atoms with Gasteiger partial charge in [0.05, 0.1) is 10.9 Å². The third-order valence-corrected chi connectivity index (χ3v) is 4.06. The average molecular weight is 395 g/mol. The highest BCUT2D eigenvalue weighted by molar-refractivity contribution is 7.71. The van der Waals surface area contributed by atoms with E-state index in [0.717, 1.165) is 12.1 Å². The van der Waals surface area contributed by atoms with Gasteiger partial charge in [-0.05, 0) is 42.5 Å². The average Bonchev–Trinajstić information content (AvgIpc) is 2.58. The van der Waals surface area contributed by atoms with Crippen molar-refractivity contribution in [3.05, 3.63) is 63.2 Å². The molecule has 0 aliphatic heterocycles. The minimum atomic E-state index is -4.83. The predicted molar refractivity (Wildman–Crippen MR) is 95.5 cm³/mol. The molecule has 1 aromatic heterocycles. The molecule has 0 aliphatic carbocycles. The maximum absolute atomic E-state index is 12.4. The molecule has 0 bridgehead atoms. The lowest BCUT2D eigenvalue weighted by Crippen LogP contribution is -2.19. The number of nitrogens with one attached hydrogen (secondary N) is 2. The number of rotatable bonds is 3. The number of carbonyl (C=O) groups excluding carboxylic acids is 1. The highest BCUT2D eigenvalue weighted by Crippen LogP contribution is 2.25. The normalized spacial score (nSPS) is 11.4. The predicted octanol–water partition coefficient (Wildman–Crippen LogP) is 3.75. The quantitative estimate of drug-likeness (QED) is 0.663. The topological polar surface area (TPSA) is 76.1 Å². The molecule has 0 atom stereocenters. The molecule has 27 heavy (non-hydrogen) atoms. The number of nitrogens with zero attached hydrogens (tertiary/aromatic N) is 1. The van der Waals surface area contributed by atoms with Crippen molar-refractivity contribution < 1.29 is 22.7 Å². The fraction of sp³-hybridized carbons (Fsp3) is 0.118. The molecular formula is C17H12F3N3O3S. The number of aromatic nitrogens is 2. The summed E-state index contributed by atoms with van der Waals surface area (Å²) in [5.41, 5.74) is 0.393. The van der Waals surface area contributed by atoms with Gasteiger partial charge in [0, 0.05) is 24.4 Å². The maximum atomic E-state index is 12.4. The number of hydrogen-bond acceptors (Lipinski definition) is 4. The fourth-order valence-electron chi connectivity index (χ4n) is 2.42. The Morgan fingerprint density at radius 1 is 1.22 bits per heavy atom. The van der Waals surface area contributed by atoms with Crippen molar-refractivity contribution in [2.45, 2.75) is 6.36 Å². The van der Waals surface area contributed by atoms with Crippen LogP contribution in [0.1, 0.15) is 10.4 Å². The van der Waals surface area contributed by atoms with Crippen LogP contribution in [-0.2, 0) is 7.05 Å². The minimum Gasteiger partial charge on any atom is -0.406 e. The first-order valence-corrected chi connectivity index (χ1v) is 7.95. The number of carbonyl (C=O) groups is 1. The summed E-state index contributed by atoms with van der Waals surface area (Å²) >= 11 is 5.04. The van der Waals surface area contributed by atoms with Crippen molar-refractivity contribution in [1.29, 1.82) is 0 Å². The van der Waals surface area contributed by atoms with Crippen LogP contribution >= 0.6 is 12.2 Å². The van der Waals surface area contributed by atoms with E-state index in [9.17, 15) is 22.8 Å². The number of hydrogen-bond donors (Lipinski definition) is 2. The Labute approximate surface area is 155 Å². The Hall–Kier alpha value is -3.14. The van der Waals surface area contributed by atoms with Crippen molar-refractivity contribution in [3.63, 3.8) is 0 Å². The lowest BCUT2D eigenvalue weighted by atomic mass is 10.1. The van der Waals surface area contributed by atoms with Crippen molar-refractivity contribution in [2.75, 3.05) is 5.32 Å². The molecule has 3 aromatic rings. The smallest absolute Gasteiger partial charge is 0.406 e. The van der Waals surface area contributed by atoms with Gasteiger partial charge in [-0.1, -0.05) is 6.07 Å². The van der Waals surface area contributed by atoms with Crippen LogP contribution in [0.4, 0.5) is 18.9 Å². The van der Waals surface area contributed by atoms with E-state index < -0.39 is 18.0 Å². The molecule has 2 N–H and O–H groups in total. The molecular weight excluding hydrogens is 383 g/mol. The summed E-state index contributed by atoms with van der Waals surface area (Å²) in [4.78, 5) is 27.4. The second-order valence-corrected chi connectivity index (χ2v) is 5.97. The zero-order valence-electron chi connectivity index (χ0n) is 13.8. The van der Waals surface area contributed by atoms with Crippen molar-refractivity contribution in [2.24, 2.45) is 7.05 Å². The van der Waals surface area contributed by atoms with Gasteiger partial charge >= 0.3 is 6.36 Å². The standard InChI is InChI=1S/C17H12F3N3O3S/c1-23-15(25)12-6-5-9(7-13(12)22-16(23)27)14(24)21-10-3-2-4-11(8-10)26-17(18,19)20/h2-8H,1H3,(H,21,24)(H,22,27). The molecule has 0 aliphatic rings. The number of alkyl halides is 3. The van der Waals surface area contributed by atoms with E-state index in [1.807, 2.05) is 0 Å². The van der Waals surface area contributed by atoms with Gasteiger partial charge in [-0.2, -0.15) is 0 Å². The Kier molecular flexibility index (Phi) is 4.75. The molecule has 0 saturated carbocycles. The summed E-state index contributed by atoms with van der Waals surface area (Å²) in [6.45, 7) is 0. The van der Waals surface area contributed by atoms with Gasteiger partial charge in [-0.25, -0.2) is 0 Å². The van der Waals surface area contributed by atoms with Crippen LogP contribution in [0.15, 0.2) is 47.3 Å². The number of fused-ring (bicyclic) bond motifs is 1. The summed E-state index contributed by atoms with van der Waals surface area (Å²) in [6.07, 6.45) is -4.83. The molecule has 0 unspecified atom stereocenters. The van der Waals surface area contributed by atoms with Crippen molar-refractivity contribution in [3.8, 4) is 5.75 Å². The monoisotopic (exact) mass is 395 g/mol. The first-order valence-electron chi connectivity index (χ1n) is 7.54. The molecule has 0 fully saturated rings. The highest BCUT2D eigenvalue weighted by Gasteiger charge is 2.31. The van der Waals surface area contributed by atoms with E-state index >= 15 is 0 Å². The molecule has 1 amide bonds. The maximum Gasteiger partial charge on any atom is 0.573 e. The van der Waals surface area contributed by atoms with Crippen LogP contribution < -0.4 is 15.6 Å². The number of H-pyrrole nitrogens is 1. The van der Waals surface area contributed by atoms with Crippen LogP contribution in [0.2, 0.25) is 0 Å².